The Hall–Kier alpha value is -2.28. The van der Waals surface area contributed by atoms with Gasteiger partial charge in [-0.3, -0.25) is 9.63 Å². The molecule has 0 bridgehead atoms. The number of aliphatic hydroxyl groups is 3. The van der Waals surface area contributed by atoms with E-state index >= 15 is 4.39 Å². The van der Waals surface area contributed by atoms with Crippen LogP contribution in [0.1, 0.15) is 23.2 Å². The monoisotopic (exact) mass is 544 g/mol. The lowest BCUT2D eigenvalue weighted by Gasteiger charge is -2.16. The summed E-state index contributed by atoms with van der Waals surface area (Å²) in [6.45, 7) is -0.395. The SMILES string of the molecule is O=C(NOCCO)c1cc2c(ncn2CCCC(O)CO)c(F)c1Nc1ccc(Br)cc1Cl. The van der Waals surface area contributed by atoms with Gasteiger partial charge in [0.1, 0.15) is 5.52 Å². The molecular formula is C21H23BrClFN4O5. The lowest BCUT2D eigenvalue weighted by molar-refractivity contribution is 0.0169. The first-order chi connectivity index (χ1) is 15.8. The lowest BCUT2D eigenvalue weighted by Crippen LogP contribution is -2.26. The minimum Gasteiger partial charge on any atom is -0.394 e. The molecule has 0 aliphatic rings. The maximum Gasteiger partial charge on any atom is 0.277 e. The van der Waals surface area contributed by atoms with Crippen LogP contribution in [-0.2, 0) is 11.4 Å². The first-order valence-electron chi connectivity index (χ1n) is 10.1. The number of imidazole rings is 1. The van der Waals surface area contributed by atoms with Crippen LogP contribution in [0, 0.1) is 5.82 Å². The zero-order valence-corrected chi connectivity index (χ0v) is 19.7. The van der Waals surface area contributed by atoms with Crippen LogP contribution in [0.25, 0.3) is 11.0 Å². The van der Waals surface area contributed by atoms with E-state index in [0.29, 0.717) is 35.6 Å². The Morgan fingerprint density at radius 1 is 1.33 bits per heavy atom. The van der Waals surface area contributed by atoms with Crippen molar-refractivity contribution in [2.24, 2.45) is 0 Å². The molecule has 12 heteroatoms. The quantitative estimate of drug-likeness (QED) is 0.185. The summed E-state index contributed by atoms with van der Waals surface area (Å²) in [6, 6.07) is 6.44. The molecule has 0 fully saturated rings. The summed E-state index contributed by atoms with van der Waals surface area (Å²) in [5.74, 6) is -1.49. The van der Waals surface area contributed by atoms with E-state index in [9.17, 15) is 9.90 Å². The minimum atomic E-state index is -0.840. The molecule has 3 aromatic rings. The highest BCUT2D eigenvalue weighted by atomic mass is 79.9. The van der Waals surface area contributed by atoms with Crippen molar-refractivity contribution in [2.45, 2.75) is 25.5 Å². The van der Waals surface area contributed by atoms with E-state index in [4.69, 9.17) is 26.7 Å². The molecule has 0 aliphatic carbocycles. The first-order valence-corrected chi connectivity index (χ1v) is 11.2. The van der Waals surface area contributed by atoms with Crippen molar-refractivity contribution in [3.8, 4) is 0 Å². The van der Waals surface area contributed by atoms with E-state index in [-0.39, 0.29) is 36.6 Å². The van der Waals surface area contributed by atoms with Crippen LogP contribution in [0.2, 0.25) is 5.02 Å². The van der Waals surface area contributed by atoms with Gasteiger partial charge in [0, 0.05) is 11.0 Å². The van der Waals surface area contributed by atoms with Crippen LogP contribution >= 0.6 is 27.5 Å². The molecule has 1 aromatic heterocycles. The summed E-state index contributed by atoms with van der Waals surface area (Å²) in [6.07, 6.45) is 1.46. The van der Waals surface area contributed by atoms with E-state index in [2.05, 4.69) is 31.7 Å². The molecule has 178 valence electrons. The number of rotatable bonds is 11. The van der Waals surface area contributed by atoms with Crippen LogP contribution in [0.3, 0.4) is 0 Å². The maximum atomic E-state index is 15.6. The average Bonchev–Trinajstić information content (AvgIpc) is 3.20. The third kappa shape index (κ3) is 6.19. The number of nitrogens with one attached hydrogen (secondary N) is 2. The molecule has 3 rings (SSSR count). The predicted molar refractivity (Wildman–Crippen MR) is 125 cm³/mol. The number of anilines is 2. The zero-order valence-electron chi connectivity index (χ0n) is 17.4. The van der Waals surface area contributed by atoms with Gasteiger partial charge in [-0.1, -0.05) is 27.5 Å². The molecule has 33 heavy (non-hydrogen) atoms. The van der Waals surface area contributed by atoms with Gasteiger partial charge < -0.3 is 25.2 Å². The number of hydrogen-bond acceptors (Lipinski definition) is 7. The van der Waals surface area contributed by atoms with Gasteiger partial charge >= 0.3 is 0 Å². The molecule has 0 spiro atoms. The normalized spacial score (nSPS) is 12.2. The number of aromatic nitrogens is 2. The van der Waals surface area contributed by atoms with Gasteiger partial charge in [0.25, 0.3) is 5.91 Å². The van der Waals surface area contributed by atoms with E-state index < -0.39 is 17.8 Å². The van der Waals surface area contributed by atoms with Crippen molar-refractivity contribution in [1.29, 1.82) is 0 Å². The zero-order chi connectivity index (χ0) is 24.0. The van der Waals surface area contributed by atoms with Crippen molar-refractivity contribution in [3.05, 3.63) is 51.5 Å². The highest BCUT2D eigenvalue weighted by molar-refractivity contribution is 9.10. The van der Waals surface area contributed by atoms with Crippen molar-refractivity contribution < 1.29 is 29.3 Å². The number of aryl methyl sites for hydroxylation is 1. The van der Waals surface area contributed by atoms with Crippen LogP contribution in [0.15, 0.2) is 35.1 Å². The van der Waals surface area contributed by atoms with Gasteiger partial charge in [0.05, 0.1) is 59.7 Å². The van der Waals surface area contributed by atoms with Gasteiger partial charge in [-0.15, -0.1) is 0 Å². The molecule has 1 unspecified atom stereocenters. The number of hydrogen-bond donors (Lipinski definition) is 5. The van der Waals surface area contributed by atoms with Gasteiger partial charge in [-0.05, 0) is 37.1 Å². The average molecular weight is 546 g/mol. The molecule has 0 aliphatic heterocycles. The number of benzene rings is 2. The van der Waals surface area contributed by atoms with Gasteiger partial charge in [-0.25, -0.2) is 14.9 Å². The third-order valence-electron chi connectivity index (χ3n) is 4.80. The highest BCUT2D eigenvalue weighted by Crippen LogP contribution is 2.34. The molecule has 5 N–H and O–H groups in total. The van der Waals surface area contributed by atoms with Crippen molar-refractivity contribution in [2.75, 3.05) is 25.1 Å². The maximum absolute atomic E-state index is 15.6. The summed E-state index contributed by atoms with van der Waals surface area (Å²) in [4.78, 5) is 21.8. The smallest absolute Gasteiger partial charge is 0.277 e. The largest absolute Gasteiger partial charge is 0.394 e. The summed E-state index contributed by atoms with van der Waals surface area (Å²) < 4.78 is 18.0. The molecule has 0 saturated carbocycles. The van der Waals surface area contributed by atoms with Gasteiger partial charge in [0.15, 0.2) is 5.82 Å². The standard InChI is InChI=1S/C21H23BrClFN4O5/c22-12-3-4-16(15(23)8-12)26-19-14(21(32)27-33-7-6-29)9-17-20(18(19)24)25-11-28(17)5-1-2-13(31)10-30/h3-4,8-9,11,13,26,29-31H,1-2,5-7,10H2,(H,27,32). The predicted octanol–water partition coefficient (Wildman–Crippen LogP) is 3.12. The number of carbonyl (C=O) groups is 1. The number of carbonyl (C=O) groups excluding carboxylic acids is 1. The minimum absolute atomic E-state index is 0.0428. The summed E-state index contributed by atoms with van der Waals surface area (Å²) in [5.41, 5.74) is 2.77. The fourth-order valence-corrected chi connectivity index (χ4v) is 3.89. The Bertz CT molecular complexity index is 1130. The number of nitrogens with zero attached hydrogens (tertiary/aromatic N) is 2. The summed E-state index contributed by atoms with van der Waals surface area (Å²) in [7, 11) is 0. The Morgan fingerprint density at radius 3 is 2.82 bits per heavy atom. The highest BCUT2D eigenvalue weighted by Gasteiger charge is 2.23. The van der Waals surface area contributed by atoms with E-state index in [1.165, 1.54) is 12.4 Å². The fourth-order valence-electron chi connectivity index (χ4n) is 3.17. The molecule has 1 amide bonds. The second-order valence-electron chi connectivity index (χ2n) is 7.15. The number of amides is 1. The number of fused-ring (bicyclic) bond motifs is 1. The number of halogens is 3. The molecule has 0 radical (unpaired) electrons. The van der Waals surface area contributed by atoms with Gasteiger partial charge in [-0.2, -0.15) is 0 Å². The molecule has 1 heterocycles. The molecule has 9 nitrogen and oxygen atoms in total. The Balaban J connectivity index is 2.01. The first kappa shape index (κ1) is 25.3. The fraction of sp³-hybridized carbons (Fsp3) is 0.333. The van der Waals surface area contributed by atoms with Crippen molar-refractivity contribution in [3.63, 3.8) is 0 Å². The van der Waals surface area contributed by atoms with Crippen molar-refractivity contribution in [1.82, 2.24) is 15.0 Å². The summed E-state index contributed by atoms with van der Waals surface area (Å²) >= 11 is 9.57. The van der Waals surface area contributed by atoms with Crippen LogP contribution in [-0.4, -0.2) is 56.7 Å². The van der Waals surface area contributed by atoms with E-state index in [0.717, 1.165) is 4.47 Å². The van der Waals surface area contributed by atoms with Crippen LogP contribution < -0.4 is 10.8 Å². The second-order valence-corrected chi connectivity index (χ2v) is 8.47. The Kier molecular flexibility index (Phi) is 9.01. The van der Waals surface area contributed by atoms with Gasteiger partial charge in [0.2, 0.25) is 0 Å². The molecule has 0 saturated heterocycles. The lowest BCUT2D eigenvalue weighted by atomic mass is 10.1. The number of hydroxylamine groups is 1. The number of aliphatic hydroxyl groups excluding tert-OH is 3. The topological polar surface area (TPSA) is 129 Å². The third-order valence-corrected chi connectivity index (χ3v) is 5.60. The van der Waals surface area contributed by atoms with E-state index in [1.807, 2.05) is 0 Å². The Labute approximate surface area is 202 Å². The molecular weight excluding hydrogens is 523 g/mol. The Morgan fingerprint density at radius 2 is 2.12 bits per heavy atom. The van der Waals surface area contributed by atoms with Crippen LogP contribution in [0.5, 0.6) is 0 Å². The van der Waals surface area contributed by atoms with Crippen molar-refractivity contribution >= 4 is 55.8 Å². The molecule has 2 aromatic carbocycles. The molecule has 1 atom stereocenters. The summed E-state index contributed by atoms with van der Waals surface area (Å²) in [5, 5.41) is 30.6. The second kappa shape index (κ2) is 11.7. The van der Waals surface area contributed by atoms with Crippen LogP contribution in [0.4, 0.5) is 15.8 Å². The van der Waals surface area contributed by atoms with E-state index in [1.54, 1.807) is 22.8 Å².